The molecule has 0 radical (unpaired) electrons. The van der Waals surface area contributed by atoms with Gasteiger partial charge in [-0.15, -0.1) is 0 Å². The molecule has 0 atom stereocenters. The van der Waals surface area contributed by atoms with Crippen molar-refractivity contribution in [2.45, 2.75) is 64.7 Å². The number of aryl methyl sites for hydroxylation is 1. The summed E-state index contributed by atoms with van der Waals surface area (Å²) >= 11 is 0. The Hall–Kier alpha value is -0.990. The SMILES string of the molecule is CCC1(c2nn(C)c(N)c2CC(C)C)CCCC1. The van der Waals surface area contributed by atoms with Crippen molar-refractivity contribution in [2.75, 3.05) is 5.73 Å². The molecule has 0 unspecified atom stereocenters. The lowest BCUT2D eigenvalue weighted by Gasteiger charge is -2.27. The topological polar surface area (TPSA) is 43.8 Å². The summed E-state index contributed by atoms with van der Waals surface area (Å²) in [5.41, 5.74) is 9.16. The molecule has 1 aliphatic carbocycles. The maximum Gasteiger partial charge on any atom is 0.124 e. The Kier molecular flexibility index (Phi) is 3.69. The van der Waals surface area contributed by atoms with Crippen LogP contribution in [0.3, 0.4) is 0 Å². The number of hydrogen-bond donors (Lipinski definition) is 1. The maximum atomic E-state index is 6.23. The van der Waals surface area contributed by atoms with Gasteiger partial charge in [0.2, 0.25) is 0 Å². The van der Waals surface area contributed by atoms with Crippen molar-refractivity contribution in [3.8, 4) is 0 Å². The normalized spacial score (nSPS) is 18.7. The van der Waals surface area contributed by atoms with Gasteiger partial charge in [0.1, 0.15) is 5.82 Å². The third kappa shape index (κ3) is 2.15. The van der Waals surface area contributed by atoms with Crippen LogP contribution in [0.5, 0.6) is 0 Å². The van der Waals surface area contributed by atoms with E-state index >= 15 is 0 Å². The van der Waals surface area contributed by atoms with E-state index in [2.05, 4.69) is 20.8 Å². The minimum atomic E-state index is 0.305. The molecule has 0 spiro atoms. The molecule has 1 fully saturated rings. The van der Waals surface area contributed by atoms with E-state index in [1.165, 1.54) is 43.4 Å². The van der Waals surface area contributed by atoms with Crippen molar-refractivity contribution in [3.63, 3.8) is 0 Å². The highest BCUT2D eigenvalue weighted by Gasteiger charge is 2.38. The summed E-state index contributed by atoms with van der Waals surface area (Å²) in [6, 6.07) is 0. The minimum absolute atomic E-state index is 0.305. The molecular weight excluding hydrogens is 222 g/mol. The number of hydrogen-bond acceptors (Lipinski definition) is 2. The first-order valence-corrected chi connectivity index (χ1v) is 7.32. The van der Waals surface area contributed by atoms with Crippen LogP contribution < -0.4 is 5.73 Å². The van der Waals surface area contributed by atoms with Crippen LogP contribution in [0.15, 0.2) is 0 Å². The van der Waals surface area contributed by atoms with Crippen molar-refractivity contribution >= 4 is 5.82 Å². The minimum Gasteiger partial charge on any atom is -0.384 e. The Morgan fingerprint density at radius 2 is 1.94 bits per heavy atom. The highest BCUT2D eigenvalue weighted by molar-refractivity contribution is 5.47. The number of rotatable bonds is 4. The molecule has 3 heteroatoms. The van der Waals surface area contributed by atoms with Crippen LogP contribution in [0.1, 0.15) is 64.1 Å². The summed E-state index contributed by atoms with van der Waals surface area (Å²) < 4.78 is 1.88. The molecule has 3 nitrogen and oxygen atoms in total. The van der Waals surface area contributed by atoms with E-state index in [0.717, 1.165) is 12.2 Å². The van der Waals surface area contributed by atoms with Crippen LogP contribution in [0.2, 0.25) is 0 Å². The van der Waals surface area contributed by atoms with Gasteiger partial charge in [0.25, 0.3) is 0 Å². The molecule has 0 bridgehead atoms. The fraction of sp³-hybridized carbons (Fsp3) is 0.800. The largest absolute Gasteiger partial charge is 0.384 e. The smallest absolute Gasteiger partial charge is 0.124 e. The first kappa shape index (κ1) is 13.4. The number of anilines is 1. The average Bonchev–Trinajstić information content (AvgIpc) is 2.90. The highest BCUT2D eigenvalue weighted by atomic mass is 15.3. The quantitative estimate of drug-likeness (QED) is 0.888. The van der Waals surface area contributed by atoms with Crippen molar-refractivity contribution in [1.29, 1.82) is 0 Å². The molecule has 18 heavy (non-hydrogen) atoms. The van der Waals surface area contributed by atoms with Gasteiger partial charge in [0.05, 0.1) is 5.69 Å². The Balaban J connectivity index is 2.45. The van der Waals surface area contributed by atoms with Gasteiger partial charge in [0, 0.05) is 18.0 Å². The summed E-state index contributed by atoms with van der Waals surface area (Å²) in [7, 11) is 1.97. The second-order valence-corrected chi connectivity index (χ2v) is 6.27. The van der Waals surface area contributed by atoms with E-state index in [1.54, 1.807) is 0 Å². The van der Waals surface area contributed by atoms with Gasteiger partial charge in [-0.2, -0.15) is 5.10 Å². The van der Waals surface area contributed by atoms with E-state index in [0.29, 0.717) is 11.3 Å². The summed E-state index contributed by atoms with van der Waals surface area (Å²) in [6.07, 6.45) is 7.48. The summed E-state index contributed by atoms with van der Waals surface area (Å²) in [4.78, 5) is 0. The van der Waals surface area contributed by atoms with Crippen LogP contribution in [0.4, 0.5) is 5.82 Å². The molecular formula is C15H27N3. The van der Waals surface area contributed by atoms with Crippen LogP contribution in [0.25, 0.3) is 0 Å². The second-order valence-electron chi connectivity index (χ2n) is 6.27. The van der Waals surface area contributed by atoms with Gasteiger partial charge in [-0.3, -0.25) is 4.68 Å². The first-order valence-electron chi connectivity index (χ1n) is 7.32. The molecule has 0 saturated heterocycles. The molecule has 0 aromatic carbocycles. The zero-order chi connectivity index (χ0) is 13.3. The fourth-order valence-corrected chi connectivity index (χ4v) is 3.43. The Labute approximate surface area is 111 Å². The summed E-state index contributed by atoms with van der Waals surface area (Å²) in [5.74, 6) is 1.50. The van der Waals surface area contributed by atoms with E-state index in [9.17, 15) is 0 Å². The van der Waals surface area contributed by atoms with Gasteiger partial charge < -0.3 is 5.73 Å². The van der Waals surface area contributed by atoms with Gasteiger partial charge in [-0.05, 0) is 31.6 Å². The fourth-order valence-electron chi connectivity index (χ4n) is 3.43. The van der Waals surface area contributed by atoms with Gasteiger partial charge >= 0.3 is 0 Å². The first-order chi connectivity index (χ1) is 8.50. The average molecular weight is 249 g/mol. The van der Waals surface area contributed by atoms with Crippen molar-refractivity contribution < 1.29 is 0 Å². The molecule has 1 aromatic rings. The van der Waals surface area contributed by atoms with E-state index < -0.39 is 0 Å². The molecule has 1 aromatic heterocycles. The Bertz CT molecular complexity index is 412. The Morgan fingerprint density at radius 1 is 1.33 bits per heavy atom. The zero-order valence-corrected chi connectivity index (χ0v) is 12.3. The van der Waals surface area contributed by atoms with Crippen LogP contribution >= 0.6 is 0 Å². The third-order valence-electron chi connectivity index (χ3n) is 4.55. The van der Waals surface area contributed by atoms with Crippen molar-refractivity contribution in [1.82, 2.24) is 9.78 Å². The lowest BCUT2D eigenvalue weighted by atomic mass is 9.77. The number of nitrogen functional groups attached to an aromatic ring is 1. The molecule has 1 aliphatic rings. The van der Waals surface area contributed by atoms with E-state index in [4.69, 9.17) is 10.8 Å². The van der Waals surface area contributed by atoms with Crippen molar-refractivity contribution in [2.24, 2.45) is 13.0 Å². The molecule has 2 N–H and O–H groups in total. The number of aromatic nitrogens is 2. The molecule has 1 heterocycles. The molecule has 2 rings (SSSR count). The lowest BCUT2D eigenvalue weighted by molar-refractivity contribution is 0.402. The molecule has 0 aliphatic heterocycles. The predicted octanol–water partition coefficient (Wildman–Crippen LogP) is 3.42. The van der Waals surface area contributed by atoms with Crippen LogP contribution in [0, 0.1) is 5.92 Å². The third-order valence-corrected chi connectivity index (χ3v) is 4.55. The van der Waals surface area contributed by atoms with Gasteiger partial charge in [0.15, 0.2) is 0 Å². The van der Waals surface area contributed by atoms with Crippen LogP contribution in [-0.4, -0.2) is 9.78 Å². The highest BCUT2D eigenvalue weighted by Crippen LogP contribution is 2.45. The van der Waals surface area contributed by atoms with E-state index in [-0.39, 0.29) is 0 Å². The van der Waals surface area contributed by atoms with Crippen LogP contribution in [-0.2, 0) is 18.9 Å². The molecule has 102 valence electrons. The Morgan fingerprint density at radius 3 is 2.44 bits per heavy atom. The summed E-state index contributed by atoms with van der Waals surface area (Å²) in [6.45, 7) is 6.81. The lowest BCUT2D eigenvalue weighted by Crippen LogP contribution is -2.23. The number of nitrogens with two attached hydrogens (primary N) is 1. The zero-order valence-electron chi connectivity index (χ0n) is 12.3. The molecule has 1 saturated carbocycles. The second kappa shape index (κ2) is 4.94. The number of nitrogens with zero attached hydrogens (tertiary/aromatic N) is 2. The van der Waals surface area contributed by atoms with E-state index in [1.807, 2.05) is 11.7 Å². The standard InChI is InChI=1S/C15H27N3/c1-5-15(8-6-7-9-15)13-12(10-11(2)3)14(16)18(4)17-13/h11H,5-10,16H2,1-4H3. The maximum absolute atomic E-state index is 6.23. The van der Waals surface area contributed by atoms with Gasteiger partial charge in [-0.25, -0.2) is 0 Å². The van der Waals surface area contributed by atoms with Gasteiger partial charge in [-0.1, -0.05) is 33.6 Å². The monoisotopic (exact) mass is 249 g/mol. The molecule has 0 amide bonds. The summed E-state index contributed by atoms with van der Waals surface area (Å²) in [5, 5.41) is 4.78. The van der Waals surface area contributed by atoms with Crippen molar-refractivity contribution in [3.05, 3.63) is 11.3 Å². The predicted molar refractivity (Wildman–Crippen MR) is 76.6 cm³/mol.